The molecule has 0 bridgehead atoms. The van der Waals surface area contributed by atoms with Crippen molar-refractivity contribution in [1.82, 2.24) is 5.43 Å². The van der Waals surface area contributed by atoms with Crippen molar-refractivity contribution < 1.29 is 9.18 Å². The topological polar surface area (TPSA) is 67.5 Å². The SMILES string of the molecule is NC(=O)NN=Cc1ccc(Cl)cc1F. The third-order valence-corrected chi connectivity index (χ3v) is 1.58. The second kappa shape index (κ2) is 4.57. The summed E-state index contributed by atoms with van der Waals surface area (Å²) in [5.41, 5.74) is 6.90. The molecule has 1 aromatic rings. The number of nitrogens with one attached hydrogen (secondary N) is 1. The number of amides is 2. The number of hydrogen-bond acceptors (Lipinski definition) is 2. The Morgan fingerprint density at radius 1 is 1.64 bits per heavy atom. The summed E-state index contributed by atoms with van der Waals surface area (Å²) in [5.74, 6) is -0.521. The minimum Gasteiger partial charge on any atom is -0.350 e. The van der Waals surface area contributed by atoms with Crippen molar-refractivity contribution in [3.05, 3.63) is 34.6 Å². The summed E-state index contributed by atoms with van der Waals surface area (Å²) in [5, 5.41) is 3.69. The average Bonchev–Trinajstić information content (AvgIpc) is 2.08. The van der Waals surface area contributed by atoms with Gasteiger partial charge in [0.05, 0.1) is 6.21 Å². The molecule has 0 spiro atoms. The van der Waals surface area contributed by atoms with Crippen molar-refractivity contribution in [2.75, 3.05) is 0 Å². The lowest BCUT2D eigenvalue weighted by Gasteiger charge is -1.96. The van der Waals surface area contributed by atoms with E-state index in [1.54, 1.807) is 0 Å². The van der Waals surface area contributed by atoms with Crippen LogP contribution in [0.1, 0.15) is 5.56 Å². The molecule has 0 aliphatic carbocycles. The normalized spacial score (nSPS) is 10.4. The van der Waals surface area contributed by atoms with Crippen molar-refractivity contribution >= 4 is 23.8 Å². The minimum atomic E-state index is -0.810. The van der Waals surface area contributed by atoms with Gasteiger partial charge in [-0.05, 0) is 18.2 Å². The van der Waals surface area contributed by atoms with Gasteiger partial charge in [0.1, 0.15) is 5.82 Å². The Morgan fingerprint density at radius 3 is 2.93 bits per heavy atom. The van der Waals surface area contributed by atoms with E-state index in [-0.39, 0.29) is 5.56 Å². The first kappa shape index (κ1) is 10.5. The number of carbonyl (C=O) groups excluding carboxylic acids is 1. The summed E-state index contributed by atoms with van der Waals surface area (Å²) in [7, 11) is 0. The minimum absolute atomic E-state index is 0.211. The number of hydrogen-bond donors (Lipinski definition) is 2. The second-order valence-corrected chi connectivity index (χ2v) is 2.84. The zero-order chi connectivity index (χ0) is 10.6. The van der Waals surface area contributed by atoms with Crippen LogP contribution in [-0.2, 0) is 0 Å². The fourth-order valence-corrected chi connectivity index (χ4v) is 0.930. The molecule has 0 atom stereocenters. The Bertz CT molecular complexity index is 381. The summed E-state index contributed by atoms with van der Waals surface area (Å²) < 4.78 is 13.1. The van der Waals surface area contributed by atoms with Crippen LogP contribution in [0.5, 0.6) is 0 Å². The van der Waals surface area contributed by atoms with Crippen molar-refractivity contribution in [2.45, 2.75) is 0 Å². The second-order valence-electron chi connectivity index (χ2n) is 2.40. The molecule has 14 heavy (non-hydrogen) atoms. The molecule has 3 N–H and O–H groups in total. The smallest absolute Gasteiger partial charge is 0.332 e. The summed E-state index contributed by atoms with van der Waals surface area (Å²) in [4.78, 5) is 10.2. The van der Waals surface area contributed by atoms with Crippen LogP contribution < -0.4 is 11.2 Å². The van der Waals surface area contributed by atoms with Gasteiger partial charge in [0.2, 0.25) is 0 Å². The first-order chi connectivity index (χ1) is 6.59. The number of urea groups is 1. The van der Waals surface area contributed by atoms with Gasteiger partial charge in [-0.1, -0.05) is 11.6 Å². The summed E-state index contributed by atoms with van der Waals surface area (Å²) in [6.45, 7) is 0. The summed E-state index contributed by atoms with van der Waals surface area (Å²) in [6, 6.07) is 3.28. The van der Waals surface area contributed by atoms with Crippen LogP contribution in [-0.4, -0.2) is 12.2 Å². The van der Waals surface area contributed by atoms with Crippen LogP contribution >= 0.6 is 11.6 Å². The standard InChI is InChI=1S/C8H7ClFN3O/c9-6-2-1-5(7(10)3-6)4-12-13-8(11)14/h1-4H,(H3,11,13,14). The molecule has 0 unspecified atom stereocenters. The highest BCUT2D eigenvalue weighted by Crippen LogP contribution is 2.12. The highest BCUT2D eigenvalue weighted by molar-refractivity contribution is 6.30. The van der Waals surface area contributed by atoms with E-state index in [0.29, 0.717) is 5.02 Å². The van der Waals surface area contributed by atoms with Crippen LogP contribution in [0, 0.1) is 5.82 Å². The third-order valence-electron chi connectivity index (χ3n) is 1.34. The number of primary amides is 1. The third kappa shape index (κ3) is 3.02. The fourth-order valence-electron chi connectivity index (χ4n) is 0.772. The Kier molecular flexibility index (Phi) is 3.41. The van der Waals surface area contributed by atoms with Gasteiger partial charge in [0, 0.05) is 10.6 Å². The van der Waals surface area contributed by atoms with Crippen LogP contribution in [0.3, 0.4) is 0 Å². The zero-order valence-electron chi connectivity index (χ0n) is 7.00. The van der Waals surface area contributed by atoms with E-state index in [1.165, 1.54) is 12.1 Å². The molecule has 0 aliphatic heterocycles. The van der Waals surface area contributed by atoms with Gasteiger partial charge in [-0.15, -0.1) is 0 Å². The maximum atomic E-state index is 13.1. The molecule has 0 aromatic heterocycles. The van der Waals surface area contributed by atoms with Gasteiger partial charge >= 0.3 is 6.03 Å². The lowest BCUT2D eigenvalue weighted by atomic mass is 10.2. The van der Waals surface area contributed by atoms with Gasteiger partial charge in [-0.2, -0.15) is 5.10 Å². The molecule has 0 heterocycles. The molecule has 0 saturated heterocycles. The number of nitrogens with zero attached hydrogens (tertiary/aromatic N) is 1. The lowest BCUT2D eigenvalue weighted by Crippen LogP contribution is -2.24. The number of halogens is 2. The molecule has 0 fully saturated rings. The number of hydrazone groups is 1. The van der Waals surface area contributed by atoms with E-state index in [4.69, 9.17) is 17.3 Å². The highest BCUT2D eigenvalue weighted by atomic mass is 35.5. The van der Waals surface area contributed by atoms with Crippen molar-refractivity contribution in [3.63, 3.8) is 0 Å². The first-order valence-corrected chi connectivity index (χ1v) is 4.01. The number of rotatable bonds is 2. The molecule has 0 saturated carbocycles. The molecule has 2 amide bonds. The number of carbonyl (C=O) groups is 1. The summed E-state index contributed by atoms with van der Waals surface area (Å²) >= 11 is 5.53. The van der Waals surface area contributed by atoms with Crippen molar-refractivity contribution in [2.24, 2.45) is 10.8 Å². The molecule has 1 aromatic carbocycles. The zero-order valence-corrected chi connectivity index (χ0v) is 7.75. The average molecular weight is 216 g/mol. The van der Waals surface area contributed by atoms with Gasteiger partial charge < -0.3 is 5.73 Å². The molecule has 1 rings (SSSR count). The maximum Gasteiger partial charge on any atom is 0.332 e. The lowest BCUT2D eigenvalue weighted by molar-refractivity contribution is 0.249. The highest BCUT2D eigenvalue weighted by Gasteiger charge is 1.99. The van der Waals surface area contributed by atoms with Gasteiger partial charge in [0.15, 0.2) is 0 Å². The van der Waals surface area contributed by atoms with Crippen molar-refractivity contribution in [1.29, 1.82) is 0 Å². The van der Waals surface area contributed by atoms with Crippen LogP contribution in [0.15, 0.2) is 23.3 Å². The van der Waals surface area contributed by atoms with Crippen LogP contribution in [0.4, 0.5) is 9.18 Å². The van der Waals surface area contributed by atoms with E-state index in [1.807, 2.05) is 5.43 Å². The van der Waals surface area contributed by atoms with Crippen molar-refractivity contribution in [3.8, 4) is 0 Å². The number of benzene rings is 1. The van der Waals surface area contributed by atoms with Gasteiger partial charge in [0.25, 0.3) is 0 Å². The van der Waals surface area contributed by atoms with Gasteiger partial charge in [-0.3, -0.25) is 0 Å². The van der Waals surface area contributed by atoms with Gasteiger partial charge in [-0.25, -0.2) is 14.6 Å². The molecular weight excluding hydrogens is 209 g/mol. The molecule has 4 nitrogen and oxygen atoms in total. The monoisotopic (exact) mass is 215 g/mol. The molecular formula is C8H7ClFN3O. The predicted molar refractivity (Wildman–Crippen MR) is 51.7 cm³/mol. The predicted octanol–water partition coefficient (Wildman–Crippen LogP) is 1.48. The first-order valence-electron chi connectivity index (χ1n) is 3.63. The Balaban J connectivity index is 2.76. The van der Waals surface area contributed by atoms with E-state index < -0.39 is 11.8 Å². The largest absolute Gasteiger partial charge is 0.350 e. The number of nitrogens with two attached hydrogens (primary N) is 1. The van der Waals surface area contributed by atoms with E-state index in [2.05, 4.69) is 5.10 Å². The van der Waals surface area contributed by atoms with Crippen LogP contribution in [0.2, 0.25) is 5.02 Å². The van der Waals surface area contributed by atoms with E-state index in [9.17, 15) is 9.18 Å². The van der Waals surface area contributed by atoms with E-state index in [0.717, 1.165) is 12.3 Å². The Morgan fingerprint density at radius 2 is 2.36 bits per heavy atom. The van der Waals surface area contributed by atoms with Crippen LogP contribution in [0.25, 0.3) is 0 Å². The Labute approximate surface area is 84.5 Å². The summed E-state index contributed by atoms with van der Waals surface area (Å²) in [6.07, 6.45) is 1.14. The molecule has 0 radical (unpaired) electrons. The Hall–Kier alpha value is -1.62. The molecule has 74 valence electrons. The maximum absolute atomic E-state index is 13.1. The quantitative estimate of drug-likeness (QED) is 0.570. The van der Waals surface area contributed by atoms with E-state index >= 15 is 0 Å². The molecule has 0 aliphatic rings. The molecule has 6 heteroatoms. The fraction of sp³-hybridized carbons (Fsp3) is 0.